The number of rotatable bonds is 7. The van der Waals surface area contributed by atoms with Crippen LogP contribution in [0.3, 0.4) is 0 Å². The van der Waals surface area contributed by atoms with Crippen LogP contribution < -0.4 is 15.2 Å². The lowest BCUT2D eigenvalue weighted by atomic mass is 10.0. The second kappa shape index (κ2) is 10.3. The number of nitrogens with one attached hydrogen (secondary N) is 1. The van der Waals surface area contributed by atoms with Gasteiger partial charge in [0.15, 0.2) is 0 Å². The van der Waals surface area contributed by atoms with Crippen molar-refractivity contribution in [3.05, 3.63) is 83.9 Å². The monoisotopic (exact) mass is 540 g/mol. The van der Waals surface area contributed by atoms with Crippen LogP contribution in [0, 0.1) is 0 Å². The Morgan fingerprint density at radius 2 is 1.87 bits per heavy atom. The zero-order chi connectivity index (χ0) is 26.9. The fourth-order valence-corrected chi connectivity index (χ4v) is 4.33. The van der Waals surface area contributed by atoms with Crippen LogP contribution in [0.2, 0.25) is 5.15 Å². The summed E-state index contributed by atoms with van der Waals surface area (Å²) in [5, 5.41) is 1.93. The van der Waals surface area contributed by atoms with E-state index in [1.165, 1.54) is 6.07 Å². The second-order valence-electron chi connectivity index (χ2n) is 8.62. The molecular weight excluding hydrogens is 521 g/mol. The Kier molecular flexibility index (Phi) is 6.92. The van der Waals surface area contributed by atoms with Gasteiger partial charge in [-0.1, -0.05) is 41.9 Å². The van der Waals surface area contributed by atoms with Crippen molar-refractivity contribution in [2.45, 2.75) is 18.6 Å². The maximum Gasteiger partial charge on any atom is 0.491 e. The first kappa shape index (κ1) is 25.5. The molecule has 0 radical (unpaired) electrons. The number of fused-ring (bicyclic) bond motifs is 2. The lowest BCUT2D eigenvalue weighted by Crippen LogP contribution is -2.30. The minimum absolute atomic E-state index is 0.0987. The van der Waals surface area contributed by atoms with Gasteiger partial charge in [0.2, 0.25) is 5.88 Å². The molecule has 38 heavy (non-hydrogen) atoms. The molecule has 0 unspecified atom stereocenters. The van der Waals surface area contributed by atoms with Crippen LogP contribution in [0.5, 0.6) is 11.6 Å². The van der Waals surface area contributed by atoms with E-state index in [4.69, 9.17) is 22.1 Å². The molecule has 0 aliphatic rings. The van der Waals surface area contributed by atoms with E-state index < -0.39 is 18.0 Å². The molecule has 0 saturated heterocycles. The molecule has 5 aromatic rings. The average molecular weight is 541 g/mol. The number of aromatic amines is 1. The standard InChI is InChI=1S/C27H20ClF3N4O3/c28-25-22-6-5-15(7-16(22)10-24(35-25)38-26(36)27(29,30)31)17-9-20(13-33-11-17)37-14-19(32)8-18-12-34-23-4-2-1-3-21(18)23/h1-7,9-13,19,34H,8,14,32H2/t19-/m0/s1. The molecule has 5 rings (SSSR count). The molecular formula is C27H20ClF3N4O3. The summed E-state index contributed by atoms with van der Waals surface area (Å²) >= 11 is 6.11. The highest BCUT2D eigenvalue weighted by Gasteiger charge is 2.41. The van der Waals surface area contributed by atoms with Crippen molar-refractivity contribution in [1.29, 1.82) is 0 Å². The Labute approximate surface area is 219 Å². The van der Waals surface area contributed by atoms with Crippen molar-refractivity contribution < 1.29 is 27.4 Å². The van der Waals surface area contributed by atoms with E-state index in [9.17, 15) is 18.0 Å². The molecule has 0 bridgehead atoms. The first-order chi connectivity index (χ1) is 18.2. The number of para-hydroxylation sites is 1. The maximum absolute atomic E-state index is 12.6. The largest absolute Gasteiger partial charge is 0.491 e. The van der Waals surface area contributed by atoms with E-state index in [0.29, 0.717) is 34.1 Å². The first-order valence-electron chi connectivity index (χ1n) is 11.5. The Balaban J connectivity index is 1.31. The number of carbonyl (C=O) groups excluding carboxylic acids is 1. The Morgan fingerprint density at radius 3 is 2.68 bits per heavy atom. The van der Waals surface area contributed by atoms with Gasteiger partial charge < -0.3 is 20.2 Å². The molecule has 0 aliphatic heterocycles. The fraction of sp³-hybridized carbons (Fsp3) is 0.148. The number of benzene rings is 2. The lowest BCUT2D eigenvalue weighted by molar-refractivity contribution is -0.189. The van der Waals surface area contributed by atoms with E-state index in [1.807, 2.05) is 30.5 Å². The van der Waals surface area contributed by atoms with Crippen molar-refractivity contribution in [3.8, 4) is 22.8 Å². The zero-order valence-corrected chi connectivity index (χ0v) is 20.4. The summed E-state index contributed by atoms with van der Waals surface area (Å²) < 4.78 is 48.0. The highest BCUT2D eigenvalue weighted by atomic mass is 35.5. The summed E-state index contributed by atoms with van der Waals surface area (Å²) in [5.74, 6) is -2.43. The van der Waals surface area contributed by atoms with Crippen LogP contribution in [0.15, 0.2) is 73.2 Å². The lowest BCUT2D eigenvalue weighted by Gasteiger charge is -2.14. The van der Waals surface area contributed by atoms with Crippen LogP contribution in [0.25, 0.3) is 32.8 Å². The maximum atomic E-state index is 12.6. The summed E-state index contributed by atoms with van der Waals surface area (Å²) in [6.07, 6.45) is 0.599. The number of pyridine rings is 2. The summed E-state index contributed by atoms with van der Waals surface area (Å²) in [5.41, 5.74) is 9.85. The molecule has 0 aliphatic carbocycles. The van der Waals surface area contributed by atoms with Gasteiger partial charge in [0, 0.05) is 46.4 Å². The molecule has 11 heteroatoms. The van der Waals surface area contributed by atoms with Gasteiger partial charge in [0.1, 0.15) is 17.5 Å². The van der Waals surface area contributed by atoms with Crippen molar-refractivity contribution in [1.82, 2.24) is 15.0 Å². The minimum atomic E-state index is -5.16. The van der Waals surface area contributed by atoms with Crippen LogP contribution in [0.4, 0.5) is 13.2 Å². The van der Waals surface area contributed by atoms with E-state index >= 15 is 0 Å². The van der Waals surface area contributed by atoms with E-state index in [-0.39, 0.29) is 17.8 Å². The number of ether oxygens (including phenoxy) is 2. The van der Waals surface area contributed by atoms with Gasteiger partial charge in [-0.3, -0.25) is 4.98 Å². The van der Waals surface area contributed by atoms with Crippen molar-refractivity contribution in [2.24, 2.45) is 5.73 Å². The summed E-state index contributed by atoms with van der Waals surface area (Å²) in [7, 11) is 0. The average Bonchev–Trinajstić information content (AvgIpc) is 3.29. The molecule has 194 valence electrons. The smallest absolute Gasteiger partial charge is 0.490 e. The third-order valence-electron chi connectivity index (χ3n) is 5.86. The predicted octanol–water partition coefficient (Wildman–Crippen LogP) is 5.85. The molecule has 3 aromatic heterocycles. The third kappa shape index (κ3) is 5.56. The number of hydrogen-bond acceptors (Lipinski definition) is 6. The number of halogens is 4. The quantitative estimate of drug-likeness (QED) is 0.198. The van der Waals surface area contributed by atoms with E-state index in [0.717, 1.165) is 16.5 Å². The molecule has 3 N–H and O–H groups in total. The number of alkyl halides is 3. The molecule has 3 heterocycles. The summed E-state index contributed by atoms with van der Waals surface area (Å²) in [6, 6.07) is 15.8. The Morgan fingerprint density at radius 1 is 1.05 bits per heavy atom. The highest BCUT2D eigenvalue weighted by molar-refractivity contribution is 6.34. The van der Waals surface area contributed by atoms with E-state index in [2.05, 4.69) is 19.7 Å². The van der Waals surface area contributed by atoms with Crippen LogP contribution >= 0.6 is 11.6 Å². The number of nitrogens with zero attached hydrogens (tertiary/aromatic N) is 2. The number of aromatic nitrogens is 3. The van der Waals surface area contributed by atoms with Crippen LogP contribution in [-0.2, 0) is 11.2 Å². The third-order valence-corrected chi connectivity index (χ3v) is 6.15. The fourth-order valence-electron chi connectivity index (χ4n) is 4.08. The first-order valence-corrected chi connectivity index (χ1v) is 11.8. The summed E-state index contributed by atoms with van der Waals surface area (Å²) in [4.78, 5) is 22.4. The zero-order valence-electron chi connectivity index (χ0n) is 19.6. The Bertz CT molecular complexity index is 1640. The minimum Gasteiger partial charge on any atom is -0.490 e. The van der Waals surface area contributed by atoms with Gasteiger partial charge in [-0.05, 0) is 41.1 Å². The van der Waals surface area contributed by atoms with Gasteiger partial charge >= 0.3 is 12.1 Å². The van der Waals surface area contributed by atoms with Crippen LogP contribution in [0.1, 0.15) is 5.56 Å². The van der Waals surface area contributed by atoms with Crippen molar-refractivity contribution in [2.75, 3.05) is 6.61 Å². The molecule has 7 nitrogen and oxygen atoms in total. The molecule has 0 saturated carbocycles. The topological polar surface area (TPSA) is 103 Å². The number of hydrogen-bond donors (Lipinski definition) is 2. The van der Waals surface area contributed by atoms with Gasteiger partial charge in [-0.15, -0.1) is 0 Å². The van der Waals surface area contributed by atoms with Gasteiger partial charge in [0.25, 0.3) is 0 Å². The van der Waals surface area contributed by atoms with Crippen LogP contribution in [-0.4, -0.2) is 39.7 Å². The molecule has 1 atom stereocenters. The highest BCUT2D eigenvalue weighted by Crippen LogP contribution is 2.32. The number of nitrogens with two attached hydrogens (primary N) is 1. The van der Waals surface area contributed by atoms with Gasteiger partial charge in [-0.2, -0.15) is 13.2 Å². The Hall–Kier alpha value is -4.15. The number of esters is 1. The molecule has 2 aromatic carbocycles. The SMILES string of the molecule is N[C@H](COc1cncc(-c2ccc3c(Cl)nc(OC(=O)C(F)(F)F)cc3c2)c1)Cc1c[nH]c2ccccc12. The van der Waals surface area contributed by atoms with Gasteiger partial charge in [-0.25, -0.2) is 9.78 Å². The number of H-pyrrole nitrogens is 1. The van der Waals surface area contributed by atoms with Crippen molar-refractivity contribution in [3.63, 3.8) is 0 Å². The second-order valence-corrected chi connectivity index (χ2v) is 8.98. The molecule has 0 fully saturated rings. The molecule has 0 spiro atoms. The normalized spacial score (nSPS) is 12.6. The summed E-state index contributed by atoms with van der Waals surface area (Å²) in [6.45, 7) is 0.261. The number of carbonyl (C=O) groups is 1. The van der Waals surface area contributed by atoms with Gasteiger partial charge in [0.05, 0.1) is 6.20 Å². The van der Waals surface area contributed by atoms with Crippen molar-refractivity contribution >= 4 is 39.2 Å². The predicted molar refractivity (Wildman–Crippen MR) is 137 cm³/mol. The van der Waals surface area contributed by atoms with E-state index in [1.54, 1.807) is 36.7 Å². The molecule has 0 amide bonds.